The summed E-state index contributed by atoms with van der Waals surface area (Å²) in [4.78, 5) is 26.4. The molecule has 1 amide bonds. The summed E-state index contributed by atoms with van der Waals surface area (Å²) in [5, 5.41) is 10.3. The van der Waals surface area contributed by atoms with Crippen LogP contribution in [0.1, 0.15) is 95.1 Å². The van der Waals surface area contributed by atoms with Crippen molar-refractivity contribution in [1.29, 1.82) is 0 Å². The second-order valence-corrected chi connectivity index (χ2v) is 13.3. The normalized spacial score (nSPS) is 11.2. The summed E-state index contributed by atoms with van der Waals surface area (Å²) < 4.78 is 3.09. The van der Waals surface area contributed by atoms with Gasteiger partial charge in [-0.25, -0.2) is 4.68 Å². The summed E-state index contributed by atoms with van der Waals surface area (Å²) in [5.74, 6) is 0.457. The summed E-state index contributed by atoms with van der Waals surface area (Å²) in [6.45, 7) is 6.19. The van der Waals surface area contributed by atoms with Crippen molar-refractivity contribution in [1.82, 2.24) is 9.78 Å². The van der Waals surface area contributed by atoms with Crippen LogP contribution in [0.4, 0.5) is 17.2 Å². The van der Waals surface area contributed by atoms with Crippen molar-refractivity contribution in [2.24, 2.45) is 0 Å². The minimum atomic E-state index is -0.352. The molecule has 2 heterocycles. The van der Waals surface area contributed by atoms with Gasteiger partial charge in [0.15, 0.2) is 12.4 Å². The second kappa shape index (κ2) is 17.6. The molecule has 10 heteroatoms. The monoisotopic (exact) mass is 684 g/mol. The molecule has 0 unspecified atom stereocenters. The van der Waals surface area contributed by atoms with E-state index in [1.165, 1.54) is 62.5 Å². The van der Waals surface area contributed by atoms with Gasteiger partial charge in [-0.15, -0.1) is 0 Å². The van der Waals surface area contributed by atoms with Gasteiger partial charge in [0.1, 0.15) is 5.69 Å². The Labute approximate surface area is 287 Å². The van der Waals surface area contributed by atoms with Gasteiger partial charge in [0.25, 0.3) is 0 Å². The van der Waals surface area contributed by atoms with Gasteiger partial charge in [-0.05, 0) is 62.7 Å². The van der Waals surface area contributed by atoms with Crippen LogP contribution in [0.25, 0.3) is 11.4 Å². The predicted octanol–water partition coefficient (Wildman–Crippen LogP) is 10.4. The van der Waals surface area contributed by atoms with E-state index >= 15 is 0 Å². The van der Waals surface area contributed by atoms with Crippen molar-refractivity contribution in [3.8, 4) is 11.4 Å². The van der Waals surface area contributed by atoms with Crippen LogP contribution in [0.15, 0.2) is 59.7 Å². The van der Waals surface area contributed by atoms with Crippen molar-refractivity contribution in [2.45, 2.75) is 97.8 Å². The number of amides is 1. The summed E-state index contributed by atoms with van der Waals surface area (Å²) in [7, 11) is 0. The van der Waals surface area contributed by atoms with Crippen LogP contribution in [0, 0.1) is 13.8 Å². The number of carbonyl (C=O) groups is 1. The molecule has 46 heavy (non-hydrogen) atoms. The predicted molar refractivity (Wildman–Crippen MR) is 192 cm³/mol. The van der Waals surface area contributed by atoms with E-state index in [9.17, 15) is 9.59 Å². The van der Waals surface area contributed by atoms with Crippen LogP contribution in [0.2, 0.25) is 15.1 Å². The lowest BCUT2D eigenvalue weighted by molar-refractivity contribution is -0.596. The highest BCUT2D eigenvalue weighted by molar-refractivity contribution is 6.40. The SMILES string of the molecule is CCCCCCCCCCCCCC(=O)Nc1ccc(Nc2[nH]n(-c3c(Cl)cc(Cl)cc3Cl)c(=O)c2-[n+]2cc(C)cc(C)c2)cc1. The summed E-state index contributed by atoms with van der Waals surface area (Å²) in [6.07, 6.45) is 18.0. The maximum atomic E-state index is 13.9. The lowest BCUT2D eigenvalue weighted by Gasteiger charge is -2.09. The molecule has 4 rings (SSSR count). The van der Waals surface area contributed by atoms with Crippen LogP contribution in [0.3, 0.4) is 0 Å². The Hall–Kier alpha value is -3.26. The maximum Gasteiger partial charge on any atom is 0.346 e. The number of hydrogen-bond donors (Lipinski definition) is 3. The standard InChI is InChI=1S/C36H44Cl3N5O2/c1-4-5-6-7-8-9-10-11-12-13-14-15-32(45)40-28-16-18-29(19-17-28)41-35-34(43-23-25(2)20-26(3)24-43)36(46)44(42-35)33-30(38)21-27(37)22-31(33)39/h16-24H,4-15H2,1-3H3,(H2-,40,41,42,45,46)/p+1. The Bertz CT molecular complexity index is 1620. The zero-order valence-corrected chi connectivity index (χ0v) is 29.3. The van der Waals surface area contributed by atoms with Gasteiger partial charge in [0, 0.05) is 33.9 Å². The topological polar surface area (TPSA) is 82.8 Å². The lowest BCUT2D eigenvalue weighted by atomic mass is 10.1. The molecule has 2 aromatic carbocycles. The van der Waals surface area contributed by atoms with Crippen molar-refractivity contribution in [2.75, 3.05) is 10.6 Å². The van der Waals surface area contributed by atoms with Crippen molar-refractivity contribution >= 4 is 57.9 Å². The van der Waals surface area contributed by atoms with Crippen molar-refractivity contribution in [3.05, 3.63) is 91.4 Å². The number of nitrogens with one attached hydrogen (secondary N) is 3. The number of anilines is 3. The Balaban J connectivity index is 1.39. The summed E-state index contributed by atoms with van der Waals surface area (Å²) in [6, 6.07) is 12.5. The molecule has 0 aliphatic rings. The number of pyridine rings is 1. The second-order valence-electron chi connectivity index (χ2n) is 12.0. The van der Waals surface area contributed by atoms with E-state index in [4.69, 9.17) is 34.8 Å². The number of halogens is 3. The minimum Gasteiger partial charge on any atom is -0.335 e. The number of aryl methyl sites for hydroxylation is 2. The number of benzene rings is 2. The number of carbonyl (C=O) groups excluding carboxylic acids is 1. The van der Waals surface area contributed by atoms with Crippen molar-refractivity contribution in [3.63, 3.8) is 0 Å². The van der Waals surface area contributed by atoms with Gasteiger partial charge in [0.05, 0.1) is 10.0 Å². The third kappa shape index (κ3) is 10.1. The highest BCUT2D eigenvalue weighted by Gasteiger charge is 2.27. The number of unbranched alkanes of at least 4 members (excludes halogenated alkanes) is 10. The van der Waals surface area contributed by atoms with Gasteiger partial charge >= 0.3 is 11.2 Å². The largest absolute Gasteiger partial charge is 0.346 e. The molecule has 0 saturated carbocycles. The fourth-order valence-electron chi connectivity index (χ4n) is 5.65. The Morgan fingerprint density at radius 1 is 0.783 bits per heavy atom. The van der Waals surface area contributed by atoms with Gasteiger partial charge in [-0.2, -0.15) is 4.57 Å². The summed E-state index contributed by atoms with van der Waals surface area (Å²) >= 11 is 19.1. The van der Waals surface area contributed by atoms with Crippen LogP contribution >= 0.6 is 34.8 Å². The molecule has 246 valence electrons. The van der Waals surface area contributed by atoms with E-state index in [-0.39, 0.29) is 21.5 Å². The van der Waals surface area contributed by atoms with Crippen molar-refractivity contribution < 1.29 is 9.36 Å². The van der Waals surface area contributed by atoms with Crippen LogP contribution in [0.5, 0.6) is 0 Å². The number of H-pyrrole nitrogens is 1. The first kappa shape index (κ1) is 35.6. The Morgan fingerprint density at radius 2 is 1.30 bits per heavy atom. The third-order valence-electron chi connectivity index (χ3n) is 7.92. The Kier molecular flexibility index (Phi) is 13.6. The molecule has 0 aliphatic heterocycles. The molecule has 2 aromatic heterocycles. The molecular weight excluding hydrogens is 641 g/mol. The Morgan fingerprint density at radius 3 is 1.87 bits per heavy atom. The fraction of sp³-hybridized carbons (Fsp3) is 0.417. The van der Waals surface area contributed by atoms with E-state index in [0.29, 0.717) is 34.3 Å². The molecule has 3 N–H and O–H groups in total. The highest BCUT2D eigenvalue weighted by Crippen LogP contribution is 2.32. The van der Waals surface area contributed by atoms with E-state index in [1.807, 2.05) is 56.6 Å². The molecule has 0 radical (unpaired) electrons. The summed E-state index contributed by atoms with van der Waals surface area (Å²) in [5.41, 5.74) is 3.73. The number of aromatic nitrogens is 3. The first-order valence-electron chi connectivity index (χ1n) is 16.3. The molecule has 0 bridgehead atoms. The van der Waals surface area contributed by atoms with Gasteiger partial charge < -0.3 is 10.6 Å². The zero-order valence-electron chi connectivity index (χ0n) is 27.0. The first-order chi connectivity index (χ1) is 22.2. The molecule has 7 nitrogen and oxygen atoms in total. The lowest BCUT2D eigenvalue weighted by Crippen LogP contribution is -2.37. The highest BCUT2D eigenvalue weighted by atomic mass is 35.5. The number of rotatable bonds is 17. The molecule has 0 spiro atoms. The van der Waals surface area contributed by atoms with Crippen LogP contribution in [-0.2, 0) is 4.79 Å². The zero-order chi connectivity index (χ0) is 33.1. The van der Waals surface area contributed by atoms with E-state index in [0.717, 1.165) is 29.7 Å². The van der Waals surface area contributed by atoms with Crippen LogP contribution < -0.4 is 20.8 Å². The number of aromatic amines is 1. The first-order valence-corrected chi connectivity index (χ1v) is 17.5. The third-order valence-corrected chi connectivity index (χ3v) is 8.71. The molecule has 0 saturated heterocycles. The average Bonchev–Trinajstić information content (AvgIpc) is 3.30. The molecule has 0 aliphatic carbocycles. The average molecular weight is 686 g/mol. The minimum absolute atomic E-state index is 0.0169. The maximum absolute atomic E-state index is 13.9. The fourth-order valence-corrected chi connectivity index (χ4v) is 6.64. The van der Waals surface area contributed by atoms with E-state index < -0.39 is 0 Å². The number of hydrogen-bond acceptors (Lipinski definition) is 3. The van der Waals surface area contributed by atoms with E-state index in [2.05, 4.69) is 22.7 Å². The van der Waals surface area contributed by atoms with Gasteiger partial charge in [-0.3, -0.25) is 14.7 Å². The molecular formula is C36H45Cl3N5O2+. The van der Waals surface area contributed by atoms with Crippen LogP contribution in [-0.4, -0.2) is 15.7 Å². The van der Waals surface area contributed by atoms with E-state index in [1.54, 1.807) is 16.7 Å². The van der Waals surface area contributed by atoms with Gasteiger partial charge in [0.2, 0.25) is 11.7 Å². The number of nitrogens with zero attached hydrogens (tertiary/aromatic N) is 2. The smallest absolute Gasteiger partial charge is 0.335 e. The molecule has 0 fully saturated rings. The molecule has 4 aromatic rings. The van der Waals surface area contributed by atoms with Gasteiger partial charge in [-0.1, -0.05) is 106 Å². The quantitative estimate of drug-likeness (QED) is 0.0764. The molecule has 0 atom stereocenters.